The number of carbonyl (C=O) groups is 1. The third-order valence-corrected chi connectivity index (χ3v) is 6.30. The quantitative estimate of drug-likeness (QED) is 0.852. The number of hydrogen-bond acceptors (Lipinski definition) is 4. The van der Waals surface area contributed by atoms with Crippen LogP contribution < -0.4 is 0 Å². The summed E-state index contributed by atoms with van der Waals surface area (Å²) in [4.78, 5) is 11.0. The molecule has 1 heterocycles. The van der Waals surface area contributed by atoms with E-state index in [1.54, 1.807) is 18.2 Å². The van der Waals surface area contributed by atoms with Crippen LogP contribution in [0.1, 0.15) is 22.3 Å². The maximum Gasteiger partial charge on any atom is 0.335 e. The van der Waals surface area contributed by atoms with Gasteiger partial charge in [-0.3, -0.25) is 0 Å². The van der Waals surface area contributed by atoms with Crippen LogP contribution in [0.2, 0.25) is 0 Å². The van der Waals surface area contributed by atoms with Gasteiger partial charge in [-0.25, -0.2) is 13.2 Å². The number of carboxylic acids is 1. The lowest BCUT2D eigenvalue weighted by Crippen LogP contribution is -2.29. The van der Waals surface area contributed by atoms with Crippen molar-refractivity contribution in [1.82, 2.24) is 4.31 Å². The second-order valence-corrected chi connectivity index (χ2v) is 8.16. The van der Waals surface area contributed by atoms with Crippen LogP contribution in [0, 0.1) is 5.92 Å². The Balaban J connectivity index is 1.70. The second kappa shape index (κ2) is 6.85. The maximum absolute atomic E-state index is 12.7. The van der Waals surface area contributed by atoms with Crippen molar-refractivity contribution in [1.29, 1.82) is 0 Å². The van der Waals surface area contributed by atoms with Gasteiger partial charge in [0.25, 0.3) is 0 Å². The van der Waals surface area contributed by atoms with E-state index in [1.165, 1.54) is 28.6 Å². The Labute approximate surface area is 146 Å². The molecule has 0 aliphatic carbocycles. The highest BCUT2D eigenvalue weighted by Crippen LogP contribution is 2.27. The van der Waals surface area contributed by atoms with Crippen LogP contribution in [0.4, 0.5) is 0 Å². The van der Waals surface area contributed by atoms with Crippen LogP contribution in [0.15, 0.2) is 53.4 Å². The van der Waals surface area contributed by atoms with Crippen LogP contribution in [0.3, 0.4) is 0 Å². The van der Waals surface area contributed by atoms with Crippen molar-refractivity contribution < 1.29 is 23.4 Å². The number of benzene rings is 2. The molecule has 0 amide bonds. The molecule has 0 saturated carbocycles. The number of aromatic carboxylic acids is 1. The van der Waals surface area contributed by atoms with Crippen molar-refractivity contribution >= 4 is 16.0 Å². The molecule has 2 aromatic carbocycles. The number of sulfonamides is 1. The molecule has 1 unspecified atom stereocenters. The van der Waals surface area contributed by atoms with Gasteiger partial charge in [-0.05, 0) is 60.7 Å². The van der Waals surface area contributed by atoms with Crippen molar-refractivity contribution in [2.75, 3.05) is 13.1 Å². The lowest BCUT2D eigenvalue weighted by atomic mass is 9.99. The highest BCUT2D eigenvalue weighted by Gasteiger charge is 2.32. The van der Waals surface area contributed by atoms with Crippen molar-refractivity contribution in [2.45, 2.75) is 17.7 Å². The van der Waals surface area contributed by atoms with E-state index < -0.39 is 16.0 Å². The molecule has 1 saturated heterocycles. The Hall–Kier alpha value is -2.38. The zero-order chi connectivity index (χ0) is 18.0. The molecule has 2 N–H and O–H groups in total. The monoisotopic (exact) mass is 361 g/mol. The SMILES string of the molecule is O=C(O)c1ccc(S(=O)(=O)N2CCC(Cc3cccc(O)c3)C2)cc1. The minimum Gasteiger partial charge on any atom is -0.508 e. The largest absolute Gasteiger partial charge is 0.508 e. The molecule has 1 fully saturated rings. The topological polar surface area (TPSA) is 94.9 Å². The van der Waals surface area contributed by atoms with Gasteiger partial charge in [0.1, 0.15) is 5.75 Å². The van der Waals surface area contributed by atoms with Gasteiger partial charge in [-0.15, -0.1) is 0 Å². The second-order valence-electron chi connectivity index (χ2n) is 6.22. The summed E-state index contributed by atoms with van der Waals surface area (Å²) in [6.07, 6.45) is 1.46. The molecule has 1 aliphatic heterocycles. The summed E-state index contributed by atoms with van der Waals surface area (Å²) in [6, 6.07) is 12.3. The molecule has 25 heavy (non-hydrogen) atoms. The van der Waals surface area contributed by atoms with E-state index >= 15 is 0 Å². The van der Waals surface area contributed by atoms with Crippen molar-refractivity contribution in [3.05, 3.63) is 59.7 Å². The molecule has 7 heteroatoms. The van der Waals surface area contributed by atoms with Gasteiger partial charge in [-0.2, -0.15) is 4.31 Å². The normalized spacial score (nSPS) is 18.3. The minimum absolute atomic E-state index is 0.0575. The van der Waals surface area contributed by atoms with Crippen LogP contribution in [-0.4, -0.2) is 42.0 Å². The van der Waals surface area contributed by atoms with Crippen molar-refractivity contribution in [3.63, 3.8) is 0 Å². The molecule has 3 rings (SSSR count). The number of rotatable bonds is 5. The fourth-order valence-corrected chi connectivity index (χ4v) is 4.65. The fourth-order valence-electron chi connectivity index (χ4n) is 3.12. The lowest BCUT2D eigenvalue weighted by Gasteiger charge is -2.17. The highest BCUT2D eigenvalue weighted by atomic mass is 32.2. The van der Waals surface area contributed by atoms with E-state index in [-0.39, 0.29) is 22.1 Å². The predicted molar refractivity (Wildman–Crippen MR) is 92.1 cm³/mol. The van der Waals surface area contributed by atoms with Crippen LogP contribution in [-0.2, 0) is 16.4 Å². The minimum atomic E-state index is -3.62. The van der Waals surface area contributed by atoms with E-state index in [2.05, 4.69) is 0 Å². The highest BCUT2D eigenvalue weighted by molar-refractivity contribution is 7.89. The van der Waals surface area contributed by atoms with E-state index in [0.29, 0.717) is 19.5 Å². The zero-order valence-corrected chi connectivity index (χ0v) is 14.3. The summed E-state index contributed by atoms with van der Waals surface area (Å²) >= 11 is 0. The maximum atomic E-state index is 12.7. The predicted octanol–water partition coefficient (Wildman–Crippen LogP) is 2.34. The van der Waals surface area contributed by atoms with Gasteiger partial charge in [-0.1, -0.05) is 12.1 Å². The number of nitrogens with zero attached hydrogens (tertiary/aromatic N) is 1. The summed E-state index contributed by atoms with van der Waals surface area (Å²) in [5.41, 5.74) is 1.04. The molecule has 6 nitrogen and oxygen atoms in total. The van der Waals surface area contributed by atoms with Crippen LogP contribution >= 0.6 is 0 Å². The lowest BCUT2D eigenvalue weighted by molar-refractivity contribution is 0.0696. The number of phenolic OH excluding ortho intramolecular Hbond substituents is 1. The Kier molecular flexibility index (Phi) is 4.78. The number of carboxylic acid groups (broad SMARTS) is 1. The molecule has 0 spiro atoms. The first kappa shape index (κ1) is 17.4. The molecule has 0 aromatic heterocycles. The summed E-state index contributed by atoms with van der Waals surface area (Å²) in [6.45, 7) is 0.852. The first-order chi connectivity index (χ1) is 11.9. The van der Waals surface area contributed by atoms with Crippen LogP contribution in [0.5, 0.6) is 5.75 Å². The summed E-state index contributed by atoms with van der Waals surface area (Å²) in [7, 11) is -3.62. The van der Waals surface area contributed by atoms with E-state index in [4.69, 9.17) is 5.11 Å². The Morgan fingerprint density at radius 1 is 1.16 bits per heavy atom. The smallest absolute Gasteiger partial charge is 0.335 e. The standard InChI is InChI=1S/C18H19NO5S/c20-16-3-1-2-13(11-16)10-14-8-9-19(12-14)25(23,24)17-6-4-15(5-7-17)18(21)22/h1-7,11,14,20H,8-10,12H2,(H,21,22). The fraction of sp³-hybridized carbons (Fsp3) is 0.278. The first-order valence-electron chi connectivity index (χ1n) is 7.97. The number of hydrogen-bond donors (Lipinski definition) is 2. The van der Waals surface area contributed by atoms with E-state index in [1.807, 2.05) is 6.07 Å². The van der Waals surface area contributed by atoms with E-state index in [9.17, 15) is 18.3 Å². The Bertz CT molecular complexity index is 877. The Morgan fingerprint density at radius 3 is 2.52 bits per heavy atom. The number of phenols is 1. The summed E-state index contributed by atoms with van der Waals surface area (Å²) in [5, 5.41) is 18.4. The molecule has 0 radical (unpaired) electrons. The average Bonchev–Trinajstić information content (AvgIpc) is 3.04. The molecule has 0 bridgehead atoms. The summed E-state index contributed by atoms with van der Waals surface area (Å²) < 4.78 is 26.9. The first-order valence-corrected chi connectivity index (χ1v) is 9.41. The molecular formula is C18H19NO5S. The molecular weight excluding hydrogens is 342 g/mol. The van der Waals surface area contributed by atoms with Gasteiger partial charge in [0, 0.05) is 13.1 Å². The molecule has 1 aliphatic rings. The number of aromatic hydroxyl groups is 1. The van der Waals surface area contributed by atoms with Crippen molar-refractivity contribution in [2.24, 2.45) is 5.92 Å². The summed E-state index contributed by atoms with van der Waals surface area (Å²) in [5.74, 6) is -0.690. The molecule has 132 valence electrons. The molecule has 2 aromatic rings. The van der Waals surface area contributed by atoms with Gasteiger partial charge < -0.3 is 10.2 Å². The van der Waals surface area contributed by atoms with Gasteiger partial charge >= 0.3 is 5.97 Å². The van der Waals surface area contributed by atoms with Crippen LogP contribution in [0.25, 0.3) is 0 Å². The van der Waals surface area contributed by atoms with Crippen molar-refractivity contribution in [3.8, 4) is 5.75 Å². The molecule has 1 atom stereocenters. The average molecular weight is 361 g/mol. The Morgan fingerprint density at radius 2 is 1.88 bits per heavy atom. The van der Waals surface area contributed by atoms with Gasteiger partial charge in [0.05, 0.1) is 10.5 Å². The third kappa shape index (κ3) is 3.83. The van der Waals surface area contributed by atoms with Gasteiger partial charge in [0.2, 0.25) is 10.0 Å². The van der Waals surface area contributed by atoms with Gasteiger partial charge in [0.15, 0.2) is 0 Å². The van der Waals surface area contributed by atoms with E-state index in [0.717, 1.165) is 12.0 Å². The zero-order valence-electron chi connectivity index (χ0n) is 13.5. The third-order valence-electron chi connectivity index (χ3n) is 4.42.